The van der Waals surface area contributed by atoms with E-state index in [0.717, 1.165) is 0 Å². The lowest BCUT2D eigenvalue weighted by atomic mass is 10.0. The van der Waals surface area contributed by atoms with Crippen LogP contribution in [0.4, 0.5) is 0 Å². The van der Waals surface area contributed by atoms with E-state index in [0.29, 0.717) is 0 Å². The topological polar surface area (TPSA) is 0 Å². The van der Waals surface area contributed by atoms with Gasteiger partial charge in [0.05, 0.1) is 0 Å². The quantitative estimate of drug-likeness (QED) is 0.347. The smallest absolute Gasteiger partial charge is 0.0282 e. The summed E-state index contributed by atoms with van der Waals surface area (Å²) in [5.74, 6) is 0. The molecular formula is C14H26. The number of rotatable bonds is 9. The maximum absolute atomic E-state index is 3.86. The third-order valence-corrected chi connectivity index (χ3v) is 2.53. The first-order valence-electron chi connectivity index (χ1n) is 6.16. The zero-order chi connectivity index (χ0) is 10.6. The Bertz CT molecular complexity index is 153. The summed E-state index contributed by atoms with van der Waals surface area (Å²) < 4.78 is 0. The molecule has 0 rings (SSSR count). The first-order chi connectivity index (χ1) is 6.85. The molecule has 0 fully saturated rings. The fourth-order valence-electron chi connectivity index (χ4n) is 1.55. The van der Waals surface area contributed by atoms with Crippen molar-refractivity contribution in [2.75, 3.05) is 0 Å². The molecule has 0 aromatic rings. The number of unbranched alkanes of at least 4 members (excludes halogenated alkanes) is 5. The second-order valence-electron chi connectivity index (χ2n) is 3.94. The molecule has 0 aliphatic heterocycles. The predicted octanol–water partition coefficient (Wildman–Crippen LogP) is 5.26. The first kappa shape index (κ1) is 13.5. The van der Waals surface area contributed by atoms with E-state index in [9.17, 15) is 0 Å². The molecule has 0 aliphatic rings. The molecule has 0 aliphatic carbocycles. The Morgan fingerprint density at radius 3 is 2.29 bits per heavy atom. The van der Waals surface area contributed by atoms with E-state index in [1.807, 2.05) is 6.08 Å². The van der Waals surface area contributed by atoms with Gasteiger partial charge in [0.25, 0.3) is 0 Å². The van der Waals surface area contributed by atoms with Crippen molar-refractivity contribution in [3.05, 3.63) is 24.3 Å². The molecule has 0 nitrogen and oxygen atoms in total. The van der Waals surface area contributed by atoms with Gasteiger partial charge in [-0.1, -0.05) is 70.3 Å². The predicted molar refractivity (Wildman–Crippen MR) is 66.6 cm³/mol. The van der Waals surface area contributed by atoms with Crippen molar-refractivity contribution in [3.8, 4) is 0 Å². The summed E-state index contributed by atoms with van der Waals surface area (Å²) in [6, 6.07) is 0. The lowest BCUT2D eigenvalue weighted by Crippen LogP contribution is -1.82. The van der Waals surface area contributed by atoms with Crippen molar-refractivity contribution in [3.63, 3.8) is 0 Å². The van der Waals surface area contributed by atoms with Crippen molar-refractivity contribution in [1.82, 2.24) is 0 Å². The molecule has 0 radical (unpaired) electrons. The Hall–Kier alpha value is -0.520. The van der Waals surface area contributed by atoms with Crippen molar-refractivity contribution < 1.29 is 0 Å². The maximum atomic E-state index is 3.86. The number of hydrogen-bond donors (Lipinski definition) is 0. The highest BCUT2D eigenvalue weighted by atomic mass is 14.0. The van der Waals surface area contributed by atoms with Gasteiger partial charge in [0, 0.05) is 0 Å². The number of allylic oxidation sites excluding steroid dienone is 3. The van der Waals surface area contributed by atoms with Crippen LogP contribution >= 0.6 is 0 Å². The molecule has 0 saturated carbocycles. The van der Waals surface area contributed by atoms with Gasteiger partial charge in [-0.3, -0.25) is 0 Å². The Morgan fingerprint density at radius 2 is 1.71 bits per heavy atom. The summed E-state index contributed by atoms with van der Waals surface area (Å²) in [7, 11) is 0. The van der Waals surface area contributed by atoms with E-state index in [1.165, 1.54) is 56.9 Å². The molecule has 0 N–H and O–H groups in total. The largest absolute Gasteiger partial charge is 0.0988 e. The third kappa shape index (κ3) is 8.10. The molecule has 14 heavy (non-hydrogen) atoms. The average molecular weight is 194 g/mol. The maximum Gasteiger partial charge on any atom is -0.0282 e. The molecule has 82 valence electrons. The van der Waals surface area contributed by atoms with E-state index < -0.39 is 0 Å². The summed E-state index contributed by atoms with van der Waals surface area (Å²) in [5, 5.41) is 0. The highest BCUT2D eigenvalue weighted by molar-refractivity contribution is 5.15. The van der Waals surface area contributed by atoms with Crippen LogP contribution in [0, 0.1) is 0 Å². The van der Waals surface area contributed by atoms with E-state index in [2.05, 4.69) is 26.5 Å². The summed E-state index contributed by atoms with van der Waals surface area (Å²) in [6.07, 6.45) is 14.9. The Balaban J connectivity index is 3.47. The van der Waals surface area contributed by atoms with E-state index in [-0.39, 0.29) is 0 Å². The van der Waals surface area contributed by atoms with Crippen LogP contribution in [0.2, 0.25) is 0 Å². The Labute approximate surface area is 90.1 Å². The minimum absolute atomic E-state index is 1.20. The van der Waals surface area contributed by atoms with Gasteiger partial charge in [0.2, 0.25) is 0 Å². The van der Waals surface area contributed by atoms with Gasteiger partial charge < -0.3 is 0 Å². The molecule has 0 saturated heterocycles. The molecule has 0 atom stereocenters. The minimum Gasteiger partial charge on any atom is -0.0988 e. The molecule has 0 heterocycles. The highest BCUT2D eigenvalue weighted by Gasteiger charge is 1.92. The van der Waals surface area contributed by atoms with Crippen LogP contribution in [0.3, 0.4) is 0 Å². The fraction of sp³-hybridized carbons (Fsp3) is 0.714. The molecule has 0 bridgehead atoms. The van der Waals surface area contributed by atoms with Crippen LogP contribution in [-0.4, -0.2) is 0 Å². The zero-order valence-electron chi connectivity index (χ0n) is 10.0. The summed E-state index contributed by atoms with van der Waals surface area (Å²) in [4.78, 5) is 0. The first-order valence-corrected chi connectivity index (χ1v) is 6.16. The van der Waals surface area contributed by atoms with Crippen LogP contribution in [0.25, 0.3) is 0 Å². The van der Waals surface area contributed by atoms with Crippen LogP contribution in [0.5, 0.6) is 0 Å². The van der Waals surface area contributed by atoms with Crippen molar-refractivity contribution in [2.24, 2.45) is 0 Å². The lowest BCUT2D eigenvalue weighted by Gasteiger charge is -2.02. The van der Waals surface area contributed by atoms with Gasteiger partial charge in [0.1, 0.15) is 0 Å². The molecule has 0 heteroatoms. The van der Waals surface area contributed by atoms with Crippen molar-refractivity contribution in [2.45, 2.75) is 65.2 Å². The molecule has 0 amide bonds. The third-order valence-electron chi connectivity index (χ3n) is 2.53. The monoisotopic (exact) mass is 194 g/mol. The van der Waals surface area contributed by atoms with Gasteiger partial charge in [-0.05, 0) is 19.3 Å². The molecule has 0 aromatic heterocycles. The van der Waals surface area contributed by atoms with Crippen LogP contribution in [0.1, 0.15) is 65.2 Å². The zero-order valence-corrected chi connectivity index (χ0v) is 10.0. The van der Waals surface area contributed by atoms with Gasteiger partial charge >= 0.3 is 0 Å². The summed E-state index contributed by atoms with van der Waals surface area (Å²) >= 11 is 0. The average Bonchev–Trinajstić information content (AvgIpc) is 2.22. The summed E-state index contributed by atoms with van der Waals surface area (Å²) in [6.45, 7) is 8.34. The van der Waals surface area contributed by atoms with Crippen LogP contribution in [-0.2, 0) is 0 Å². The fourth-order valence-corrected chi connectivity index (χ4v) is 1.55. The SMILES string of the molecule is C=CC(=CCCC)CCCCCCC. The standard InChI is InChI=1S/C14H26/c1-4-7-9-10-11-13-14(6-3)12-8-5-2/h6,12H,3-5,7-11,13H2,1-2H3. The number of hydrogen-bond acceptors (Lipinski definition) is 0. The summed E-state index contributed by atoms with van der Waals surface area (Å²) in [5.41, 5.74) is 1.45. The highest BCUT2D eigenvalue weighted by Crippen LogP contribution is 2.12. The van der Waals surface area contributed by atoms with Gasteiger partial charge in [-0.15, -0.1) is 0 Å². The second-order valence-corrected chi connectivity index (χ2v) is 3.94. The van der Waals surface area contributed by atoms with Crippen LogP contribution < -0.4 is 0 Å². The normalized spacial score (nSPS) is 11.7. The van der Waals surface area contributed by atoms with E-state index in [4.69, 9.17) is 0 Å². The molecule has 0 aromatic carbocycles. The minimum atomic E-state index is 1.20. The van der Waals surface area contributed by atoms with Crippen molar-refractivity contribution >= 4 is 0 Å². The Kier molecular flexibility index (Phi) is 10.2. The van der Waals surface area contributed by atoms with E-state index in [1.54, 1.807) is 0 Å². The molecular weight excluding hydrogens is 168 g/mol. The molecule has 0 spiro atoms. The Morgan fingerprint density at radius 1 is 1.00 bits per heavy atom. The van der Waals surface area contributed by atoms with Gasteiger partial charge in [0.15, 0.2) is 0 Å². The molecule has 0 unspecified atom stereocenters. The van der Waals surface area contributed by atoms with Gasteiger partial charge in [-0.25, -0.2) is 0 Å². The van der Waals surface area contributed by atoms with Gasteiger partial charge in [-0.2, -0.15) is 0 Å². The van der Waals surface area contributed by atoms with E-state index >= 15 is 0 Å². The lowest BCUT2D eigenvalue weighted by molar-refractivity contribution is 0.632. The second kappa shape index (κ2) is 10.6. The van der Waals surface area contributed by atoms with Crippen LogP contribution in [0.15, 0.2) is 24.3 Å². The van der Waals surface area contributed by atoms with Crippen molar-refractivity contribution in [1.29, 1.82) is 0 Å².